The Morgan fingerprint density at radius 1 is 1.13 bits per heavy atom. The molecular formula is C27H30FN3O6S. The van der Waals surface area contributed by atoms with Gasteiger partial charge in [0, 0.05) is 18.8 Å². The van der Waals surface area contributed by atoms with Crippen LogP contribution in [-0.4, -0.2) is 66.8 Å². The number of benzene rings is 2. The number of aryl methyl sites for hydroxylation is 1. The van der Waals surface area contributed by atoms with E-state index in [4.69, 9.17) is 4.74 Å². The molecule has 1 heterocycles. The molecule has 1 aromatic heterocycles. The third-order valence-electron chi connectivity index (χ3n) is 5.84. The van der Waals surface area contributed by atoms with Gasteiger partial charge in [0.25, 0.3) is 5.91 Å². The van der Waals surface area contributed by atoms with Gasteiger partial charge in [0.1, 0.15) is 23.0 Å². The lowest BCUT2D eigenvalue weighted by molar-refractivity contribution is -0.117. The van der Waals surface area contributed by atoms with Crippen molar-refractivity contribution >= 4 is 21.7 Å². The molecule has 0 fully saturated rings. The number of carbonyl (C=O) groups is 2. The topological polar surface area (TPSA) is 126 Å². The number of aliphatic hydroxyl groups excluding tert-OH is 1. The van der Waals surface area contributed by atoms with E-state index in [1.165, 1.54) is 39.3 Å². The van der Waals surface area contributed by atoms with Gasteiger partial charge >= 0.3 is 0 Å². The molecule has 0 saturated carbocycles. The van der Waals surface area contributed by atoms with Crippen LogP contribution in [0.25, 0.3) is 0 Å². The van der Waals surface area contributed by atoms with Gasteiger partial charge in [0.2, 0.25) is 10.0 Å². The molecule has 0 radical (unpaired) electrons. The smallest absolute Gasteiger partial charge is 0.270 e. The molecule has 1 amide bonds. The maximum absolute atomic E-state index is 13.9. The zero-order chi connectivity index (χ0) is 27.9. The van der Waals surface area contributed by atoms with Crippen LogP contribution in [0.2, 0.25) is 0 Å². The van der Waals surface area contributed by atoms with Gasteiger partial charge in [-0.1, -0.05) is 36.4 Å². The molecule has 2 atom stereocenters. The number of ketones is 1. The summed E-state index contributed by atoms with van der Waals surface area (Å²) in [7, 11) is -2.92. The molecule has 0 spiro atoms. The van der Waals surface area contributed by atoms with E-state index in [0.717, 1.165) is 22.0 Å². The number of halogens is 1. The fourth-order valence-corrected chi connectivity index (χ4v) is 5.59. The number of nitrogens with one attached hydrogen (secondary N) is 1. The summed E-state index contributed by atoms with van der Waals surface area (Å²) < 4.78 is 46.8. The van der Waals surface area contributed by atoms with E-state index in [2.05, 4.69) is 10.3 Å². The summed E-state index contributed by atoms with van der Waals surface area (Å²) >= 11 is 0. The van der Waals surface area contributed by atoms with Gasteiger partial charge < -0.3 is 15.2 Å². The number of sulfonamides is 1. The normalized spacial score (nSPS) is 13.1. The van der Waals surface area contributed by atoms with Gasteiger partial charge in [-0.2, -0.15) is 4.31 Å². The molecule has 0 saturated heterocycles. The second-order valence-electron chi connectivity index (χ2n) is 8.83. The maximum atomic E-state index is 13.9. The van der Waals surface area contributed by atoms with Gasteiger partial charge in [0.05, 0.1) is 30.7 Å². The molecule has 0 aliphatic carbocycles. The van der Waals surface area contributed by atoms with E-state index in [9.17, 15) is 27.5 Å². The van der Waals surface area contributed by atoms with Crippen LogP contribution in [0.4, 0.5) is 4.39 Å². The van der Waals surface area contributed by atoms with Crippen LogP contribution < -0.4 is 10.1 Å². The summed E-state index contributed by atoms with van der Waals surface area (Å²) in [4.78, 5) is 28.7. The number of methoxy groups -OCH3 is 1. The highest BCUT2D eigenvalue weighted by Crippen LogP contribution is 2.22. The minimum absolute atomic E-state index is 0.0400. The number of aliphatic hydroxyl groups is 1. The minimum atomic E-state index is -4.37. The number of nitrogens with zero attached hydrogens (tertiary/aromatic N) is 2. The molecule has 0 aliphatic rings. The van der Waals surface area contributed by atoms with E-state index < -0.39 is 52.8 Å². The second kappa shape index (κ2) is 12.7. The van der Waals surface area contributed by atoms with Crippen molar-refractivity contribution in [2.45, 2.75) is 37.3 Å². The minimum Gasteiger partial charge on any atom is -0.497 e. The molecule has 38 heavy (non-hydrogen) atoms. The Labute approximate surface area is 221 Å². The number of amides is 1. The Morgan fingerprint density at radius 3 is 2.50 bits per heavy atom. The Balaban J connectivity index is 1.93. The van der Waals surface area contributed by atoms with Crippen LogP contribution in [0, 0.1) is 12.7 Å². The first-order chi connectivity index (χ1) is 18.0. The summed E-state index contributed by atoms with van der Waals surface area (Å²) in [5.41, 5.74) is 1.10. The van der Waals surface area contributed by atoms with Crippen molar-refractivity contribution in [3.8, 4) is 5.75 Å². The highest BCUT2D eigenvalue weighted by Gasteiger charge is 2.33. The second-order valence-corrected chi connectivity index (χ2v) is 10.7. The van der Waals surface area contributed by atoms with Gasteiger partial charge in [-0.25, -0.2) is 12.8 Å². The standard InChI is InChI=1S/C27H30FN3O6S/c1-18-9-10-21(28)14-26(18)38(35,36)31(16-19(2)32)17-25(33)23(13-20-7-5-4-6-8-20)30-27(34)24-15-22(37-3)11-12-29-24/h4-12,14-15,23,25,33H,13,16-17H2,1-3H3,(H,30,34)/t23-,25+/m0/s1. The summed E-state index contributed by atoms with van der Waals surface area (Å²) in [6, 6.07) is 14.4. The van der Waals surface area contributed by atoms with E-state index in [1.54, 1.807) is 30.3 Å². The quantitative estimate of drug-likeness (QED) is 0.360. The lowest BCUT2D eigenvalue weighted by Crippen LogP contribution is -2.51. The molecule has 2 N–H and O–H groups in total. The molecule has 2 aromatic carbocycles. The summed E-state index contributed by atoms with van der Waals surface area (Å²) in [6.07, 6.45) is 0.122. The molecule has 202 valence electrons. The van der Waals surface area contributed by atoms with Gasteiger partial charge in [0.15, 0.2) is 0 Å². The number of ether oxygens (including phenoxy) is 1. The SMILES string of the molecule is COc1ccnc(C(=O)N[C@@H](Cc2ccccc2)[C@H](O)CN(CC(C)=O)S(=O)(=O)c2cc(F)ccc2C)c1. The Morgan fingerprint density at radius 2 is 1.84 bits per heavy atom. The van der Waals surface area contributed by atoms with Crippen molar-refractivity contribution in [1.82, 2.24) is 14.6 Å². The van der Waals surface area contributed by atoms with Gasteiger partial charge in [-0.3, -0.25) is 14.6 Å². The summed E-state index contributed by atoms with van der Waals surface area (Å²) in [5, 5.41) is 14.0. The Hall–Kier alpha value is -3.67. The lowest BCUT2D eigenvalue weighted by Gasteiger charge is -2.29. The third-order valence-corrected chi connectivity index (χ3v) is 7.79. The molecule has 9 nitrogen and oxygen atoms in total. The number of aromatic nitrogens is 1. The monoisotopic (exact) mass is 543 g/mol. The lowest BCUT2D eigenvalue weighted by atomic mass is 10.0. The number of hydrogen-bond donors (Lipinski definition) is 2. The molecule has 0 bridgehead atoms. The first-order valence-electron chi connectivity index (χ1n) is 11.8. The van der Waals surface area contributed by atoms with Gasteiger partial charge in [-0.15, -0.1) is 0 Å². The van der Waals surface area contributed by atoms with Crippen molar-refractivity contribution in [3.05, 3.63) is 89.5 Å². The van der Waals surface area contributed by atoms with Crippen molar-refractivity contribution in [2.75, 3.05) is 20.2 Å². The Kier molecular flexibility index (Phi) is 9.67. The predicted molar refractivity (Wildman–Crippen MR) is 139 cm³/mol. The number of hydrogen-bond acceptors (Lipinski definition) is 7. The zero-order valence-electron chi connectivity index (χ0n) is 21.3. The van der Waals surface area contributed by atoms with E-state index >= 15 is 0 Å². The van der Waals surface area contributed by atoms with Crippen LogP contribution >= 0.6 is 0 Å². The fraction of sp³-hybridized carbons (Fsp3) is 0.296. The van der Waals surface area contributed by atoms with Crippen molar-refractivity contribution in [3.63, 3.8) is 0 Å². The Bertz CT molecular complexity index is 1380. The summed E-state index contributed by atoms with van der Waals surface area (Å²) in [6.45, 7) is 1.65. The van der Waals surface area contributed by atoms with E-state index in [1.807, 2.05) is 6.07 Å². The van der Waals surface area contributed by atoms with Crippen LogP contribution in [0.1, 0.15) is 28.5 Å². The number of carbonyl (C=O) groups excluding carboxylic acids is 2. The first-order valence-corrected chi connectivity index (χ1v) is 13.2. The molecule has 0 unspecified atom stereocenters. The van der Waals surface area contributed by atoms with E-state index in [-0.39, 0.29) is 22.6 Å². The van der Waals surface area contributed by atoms with Crippen molar-refractivity contribution < 1.29 is 32.2 Å². The number of Topliss-reactive ketones (excluding diaryl/α,β-unsaturated/α-hetero) is 1. The van der Waals surface area contributed by atoms with Crippen molar-refractivity contribution in [2.24, 2.45) is 0 Å². The largest absolute Gasteiger partial charge is 0.497 e. The van der Waals surface area contributed by atoms with Crippen LogP contribution in [-0.2, 0) is 21.2 Å². The van der Waals surface area contributed by atoms with Crippen molar-refractivity contribution in [1.29, 1.82) is 0 Å². The van der Waals surface area contributed by atoms with E-state index in [0.29, 0.717) is 5.75 Å². The molecular weight excluding hydrogens is 513 g/mol. The summed E-state index contributed by atoms with van der Waals surface area (Å²) in [5.74, 6) is -1.42. The van der Waals surface area contributed by atoms with Crippen LogP contribution in [0.3, 0.4) is 0 Å². The molecule has 0 aliphatic heterocycles. The molecule has 11 heteroatoms. The molecule has 3 aromatic rings. The highest BCUT2D eigenvalue weighted by molar-refractivity contribution is 7.89. The van der Waals surface area contributed by atoms with Crippen LogP contribution in [0.5, 0.6) is 5.75 Å². The van der Waals surface area contributed by atoms with Crippen LogP contribution in [0.15, 0.2) is 71.8 Å². The average molecular weight is 544 g/mol. The first kappa shape index (κ1) is 28.9. The zero-order valence-corrected chi connectivity index (χ0v) is 22.1. The average Bonchev–Trinajstić information content (AvgIpc) is 2.89. The number of pyridine rings is 1. The third kappa shape index (κ3) is 7.44. The predicted octanol–water partition coefficient (Wildman–Crippen LogP) is 2.52. The maximum Gasteiger partial charge on any atom is 0.270 e. The highest BCUT2D eigenvalue weighted by atomic mass is 32.2. The molecule has 3 rings (SSSR count). The number of rotatable bonds is 12. The fourth-order valence-electron chi connectivity index (χ4n) is 3.88. The van der Waals surface area contributed by atoms with Gasteiger partial charge in [-0.05, 0) is 49.6 Å².